The predicted octanol–water partition coefficient (Wildman–Crippen LogP) is 2.00. The van der Waals surface area contributed by atoms with Crippen molar-refractivity contribution in [3.05, 3.63) is 0 Å². The van der Waals surface area contributed by atoms with Crippen molar-refractivity contribution in [2.24, 2.45) is 11.8 Å². The lowest BCUT2D eigenvalue weighted by Gasteiger charge is -2.35. The fourth-order valence-electron chi connectivity index (χ4n) is 3.61. The van der Waals surface area contributed by atoms with Crippen LogP contribution in [0.4, 0.5) is 0 Å². The molecule has 0 spiro atoms. The average molecular weight is 295 g/mol. The summed E-state index contributed by atoms with van der Waals surface area (Å²) >= 11 is 0. The first kappa shape index (κ1) is 16.8. The van der Waals surface area contributed by atoms with E-state index in [1.807, 2.05) is 0 Å². The van der Waals surface area contributed by atoms with Crippen LogP contribution in [-0.2, 0) is 4.79 Å². The number of nitrogens with one attached hydrogen (secondary N) is 2. The van der Waals surface area contributed by atoms with Crippen LogP contribution in [-0.4, -0.2) is 49.6 Å². The van der Waals surface area contributed by atoms with Gasteiger partial charge in [-0.25, -0.2) is 0 Å². The minimum Gasteiger partial charge on any atom is -0.355 e. The van der Waals surface area contributed by atoms with Gasteiger partial charge in [0, 0.05) is 25.6 Å². The molecule has 2 fully saturated rings. The number of carbonyl (C=O) groups excluding carboxylic acids is 1. The molecule has 2 aliphatic rings. The van der Waals surface area contributed by atoms with Crippen molar-refractivity contribution >= 4 is 5.91 Å². The largest absolute Gasteiger partial charge is 0.355 e. The molecule has 2 N–H and O–H groups in total. The first-order valence-electron chi connectivity index (χ1n) is 8.86. The van der Waals surface area contributed by atoms with Crippen molar-refractivity contribution in [1.82, 2.24) is 15.5 Å². The van der Waals surface area contributed by atoms with Crippen LogP contribution in [0.5, 0.6) is 0 Å². The third-order valence-corrected chi connectivity index (χ3v) is 5.14. The van der Waals surface area contributed by atoms with Crippen LogP contribution < -0.4 is 10.6 Å². The van der Waals surface area contributed by atoms with Gasteiger partial charge in [-0.3, -0.25) is 9.69 Å². The summed E-state index contributed by atoms with van der Waals surface area (Å²) in [7, 11) is 0. The Bertz CT molecular complexity index is 315. The zero-order valence-electron chi connectivity index (χ0n) is 13.9. The van der Waals surface area contributed by atoms with Gasteiger partial charge in [0.05, 0.1) is 0 Å². The average Bonchev–Trinajstić information content (AvgIpc) is 2.51. The van der Waals surface area contributed by atoms with Crippen LogP contribution in [0.25, 0.3) is 0 Å². The number of rotatable bonds is 6. The van der Waals surface area contributed by atoms with Crippen molar-refractivity contribution in [2.75, 3.05) is 32.7 Å². The molecule has 0 aromatic heterocycles. The van der Waals surface area contributed by atoms with Crippen molar-refractivity contribution in [1.29, 1.82) is 0 Å². The van der Waals surface area contributed by atoms with Gasteiger partial charge in [-0.05, 0) is 70.5 Å². The van der Waals surface area contributed by atoms with Gasteiger partial charge >= 0.3 is 0 Å². The molecule has 2 unspecified atom stereocenters. The molecule has 0 aromatic carbocycles. The molecule has 2 saturated heterocycles. The Morgan fingerprint density at radius 1 is 1.33 bits per heavy atom. The number of likely N-dealkylation sites (tertiary alicyclic amines) is 1. The summed E-state index contributed by atoms with van der Waals surface area (Å²) in [6.45, 7) is 9.99. The van der Waals surface area contributed by atoms with Crippen LogP contribution in [0.3, 0.4) is 0 Å². The molecule has 2 heterocycles. The predicted molar refractivity (Wildman–Crippen MR) is 87.3 cm³/mol. The number of carbonyl (C=O) groups is 1. The third kappa shape index (κ3) is 5.95. The number of piperidine rings is 2. The van der Waals surface area contributed by atoms with Gasteiger partial charge in [-0.1, -0.05) is 6.92 Å². The first-order chi connectivity index (χ1) is 10.1. The minimum absolute atomic E-state index is 0.241. The van der Waals surface area contributed by atoms with E-state index >= 15 is 0 Å². The summed E-state index contributed by atoms with van der Waals surface area (Å²) in [6, 6.07) is 0.468. The first-order valence-corrected chi connectivity index (χ1v) is 8.86. The van der Waals surface area contributed by atoms with Gasteiger partial charge in [0.2, 0.25) is 5.91 Å². The minimum atomic E-state index is 0.241. The van der Waals surface area contributed by atoms with Crippen molar-refractivity contribution in [3.63, 3.8) is 0 Å². The fourth-order valence-corrected chi connectivity index (χ4v) is 3.61. The highest BCUT2D eigenvalue weighted by atomic mass is 16.1. The maximum atomic E-state index is 12.0. The highest BCUT2D eigenvalue weighted by molar-refractivity contribution is 5.75. The van der Waals surface area contributed by atoms with Gasteiger partial charge in [0.25, 0.3) is 0 Å². The summed E-state index contributed by atoms with van der Waals surface area (Å²) in [5, 5.41) is 6.51. The molecular formula is C17H33N3O. The molecular weight excluding hydrogens is 262 g/mol. The molecule has 4 heteroatoms. The molecule has 122 valence electrons. The van der Waals surface area contributed by atoms with Crippen LogP contribution in [0.1, 0.15) is 52.4 Å². The smallest absolute Gasteiger partial charge is 0.220 e. The Hall–Kier alpha value is -0.610. The summed E-state index contributed by atoms with van der Waals surface area (Å²) in [5.41, 5.74) is 0. The van der Waals surface area contributed by atoms with E-state index in [0.29, 0.717) is 12.5 Å². The lowest BCUT2D eigenvalue weighted by molar-refractivity contribution is -0.121. The third-order valence-electron chi connectivity index (χ3n) is 5.14. The van der Waals surface area contributed by atoms with Crippen molar-refractivity contribution in [2.45, 2.75) is 58.4 Å². The summed E-state index contributed by atoms with van der Waals surface area (Å²) in [5.74, 6) is 1.79. The quantitative estimate of drug-likeness (QED) is 0.788. The molecule has 0 aliphatic carbocycles. The van der Waals surface area contributed by atoms with Gasteiger partial charge in [-0.15, -0.1) is 0 Å². The summed E-state index contributed by atoms with van der Waals surface area (Å²) in [6.07, 6.45) is 6.88. The molecule has 1 amide bonds. The molecule has 0 saturated carbocycles. The zero-order chi connectivity index (χ0) is 15.1. The van der Waals surface area contributed by atoms with Gasteiger partial charge in [0.15, 0.2) is 0 Å². The Balaban J connectivity index is 1.59. The molecule has 2 rings (SSSR count). The number of amides is 1. The number of hydrogen-bond acceptors (Lipinski definition) is 3. The summed E-state index contributed by atoms with van der Waals surface area (Å²) in [4.78, 5) is 14.5. The van der Waals surface area contributed by atoms with E-state index in [9.17, 15) is 4.79 Å². The number of nitrogens with zero attached hydrogens (tertiary/aromatic N) is 1. The molecule has 0 bridgehead atoms. The molecule has 2 aliphatic heterocycles. The summed E-state index contributed by atoms with van der Waals surface area (Å²) < 4.78 is 0. The van der Waals surface area contributed by atoms with E-state index < -0.39 is 0 Å². The van der Waals surface area contributed by atoms with Crippen molar-refractivity contribution in [3.8, 4) is 0 Å². The second-order valence-corrected chi connectivity index (χ2v) is 7.13. The van der Waals surface area contributed by atoms with E-state index in [4.69, 9.17) is 0 Å². The monoisotopic (exact) mass is 295 g/mol. The van der Waals surface area contributed by atoms with Crippen molar-refractivity contribution < 1.29 is 4.79 Å². The van der Waals surface area contributed by atoms with Crippen LogP contribution in [0.2, 0.25) is 0 Å². The lowest BCUT2D eigenvalue weighted by Crippen LogP contribution is -2.46. The highest BCUT2D eigenvalue weighted by Crippen LogP contribution is 2.18. The molecule has 2 atom stereocenters. The number of hydrogen-bond donors (Lipinski definition) is 2. The van der Waals surface area contributed by atoms with Crippen LogP contribution >= 0.6 is 0 Å². The lowest BCUT2D eigenvalue weighted by atomic mass is 9.93. The Kier molecular flexibility index (Phi) is 6.97. The van der Waals surface area contributed by atoms with E-state index in [1.54, 1.807) is 0 Å². The van der Waals surface area contributed by atoms with E-state index in [1.165, 1.54) is 38.8 Å². The SMILES string of the molecule is CC1CCCN(C(C)CNC(=O)CCC2CCNCC2)C1. The second-order valence-electron chi connectivity index (χ2n) is 7.13. The Morgan fingerprint density at radius 3 is 2.81 bits per heavy atom. The Labute approximate surface area is 130 Å². The molecule has 21 heavy (non-hydrogen) atoms. The molecule has 0 radical (unpaired) electrons. The van der Waals surface area contributed by atoms with Crippen LogP contribution in [0.15, 0.2) is 0 Å². The van der Waals surface area contributed by atoms with Gasteiger partial charge in [0.1, 0.15) is 0 Å². The van der Waals surface area contributed by atoms with Crippen LogP contribution in [0, 0.1) is 11.8 Å². The molecule has 0 aromatic rings. The van der Waals surface area contributed by atoms with Gasteiger partial charge in [-0.2, -0.15) is 0 Å². The maximum Gasteiger partial charge on any atom is 0.220 e. The van der Waals surface area contributed by atoms with E-state index in [2.05, 4.69) is 29.4 Å². The topological polar surface area (TPSA) is 44.4 Å². The highest BCUT2D eigenvalue weighted by Gasteiger charge is 2.21. The maximum absolute atomic E-state index is 12.0. The standard InChI is InChI=1S/C17H33N3O/c1-14-4-3-11-20(13-14)15(2)12-19-17(21)6-5-16-7-9-18-10-8-16/h14-16,18H,3-13H2,1-2H3,(H,19,21). The molecule has 4 nitrogen and oxygen atoms in total. The Morgan fingerprint density at radius 2 is 2.10 bits per heavy atom. The van der Waals surface area contributed by atoms with E-state index in [-0.39, 0.29) is 5.91 Å². The zero-order valence-corrected chi connectivity index (χ0v) is 13.9. The normalized spacial score (nSPS) is 26.5. The van der Waals surface area contributed by atoms with Gasteiger partial charge < -0.3 is 10.6 Å². The second kappa shape index (κ2) is 8.74. The van der Waals surface area contributed by atoms with E-state index in [0.717, 1.165) is 37.9 Å². The fraction of sp³-hybridized carbons (Fsp3) is 0.941.